The molecule has 0 amide bonds. The molecule has 1 N–H and O–H groups in total. The molecule has 1 heterocycles. The first-order valence-electron chi connectivity index (χ1n) is 8.00. The number of nitrogens with zero attached hydrogens (tertiary/aromatic N) is 2. The normalized spacial score (nSPS) is 16.6. The van der Waals surface area contributed by atoms with Crippen LogP contribution < -0.4 is 0 Å². The number of aliphatic carboxylic acids is 1. The maximum atomic E-state index is 13.3. The van der Waals surface area contributed by atoms with Crippen molar-refractivity contribution in [2.75, 3.05) is 25.4 Å². The highest BCUT2D eigenvalue weighted by Crippen LogP contribution is 2.21. The van der Waals surface area contributed by atoms with Gasteiger partial charge >= 0.3 is 5.97 Å². The van der Waals surface area contributed by atoms with Crippen LogP contribution in [-0.2, 0) is 21.4 Å². The minimum Gasteiger partial charge on any atom is -0.480 e. The van der Waals surface area contributed by atoms with E-state index in [0.717, 1.165) is 0 Å². The second-order valence-corrected chi connectivity index (χ2v) is 8.22. The van der Waals surface area contributed by atoms with E-state index in [0.29, 0.717) is 38.0 Å². The van der Waals surface area contributed by atoms with Crippen LogP contribution in [-0.4, -0.2) is 60.1 Å². The first-order chi connectivity index (χ1) is 11.3. The van der Waals surface area contributed by atoms with Gasteiger partial charge in [-0.3, -0.25) is 9.69 Å². The molecule has 0 unspecified atom stereocenters. The summed E-state index contributed by atoms with van der Waals surface area (Å²) < 4.78 is 38.6. The van der Waals surface area contributed by atoms with Crippen LogP contribution in [0.3, 0.4) is 0 Å². The summed E-state index contributed by atoms with van der Waals surface area (Å²) in [6.07, 6.45) is 1.14. The van der Waals surface area contributed by atoms with Gasteiger partial charge in [-0.2, -0.15) is 0 Å². The van der Waals surface area contributed by atoms with E-state index in [2.05, 4.69) is 0 Å². The number of carboxylic acids is 1. The topological polar surface area (TPSA) is 77.9 Å². The van der Waals surface area contributed by atoms with Crippen LogP contribution in [0.2, 0.25) is 0 Å². The number of carboxylic acid groups (broad SMARTS) is 1. The van der Waals surface area contributed by atoms with Crippen LogP contribution >= 0.6 is 12.4 Å². The number of piperidine rings is 1. The number of halogens is 2. The van der Waals surface area contributed by atoms with E-state index in [1.165, 1.54) is 16.4 Å². The van der Waals surface area contributed by atoms with Gasteiger partial charge < -0.3 is 5.11 Å². The lowest BCUT2D eigenvalue weighted by Gasteiger charge is -2.37. The summed E-state index contributed by atoms with van der Waals surface area (Å²) >= 11 is 0. The van der Waals surface area contributed by atoms with Gasteiger partial charge in [-0.25, -0.2) is 17.1 Å². The molecule has 0 aliphatic carbocycles. The van der Waals surface area contributed by atoms with Crippen molar-refractivity contribution in [3.05, 3.63) is 35.6 Å². The lowest BCUT2D eigenvalue weighted by Crippen LogP contribution is -2.48. The summed E-state index contributed by atoms with van der Waals surface area (Å²) in [5.41, 5.74) is 0.708. The Balaban J connectivity index is 0.00000312. The number of rotatable bonds is 7. The van der Waals surface area contributed by atoms with Crippen molar-refractivity contribution in [2.45, 2.75) is 32.4 Å². The molecule has 1 aromatic carbocycles. The van der Waals surface area contributed by atoms with Gasteiger partial charge in [0.15, 0.2) is 0 Å². The van der Waals surface area contributed by atoms with Crippen LogP contribution in [0.15, 0.2) is 24.3 Å². The highest BCUT2D eigenvalue weighted by Gasteiger charge is 2.30. The third-order valence-corrected chi connectivity index (χ3v) is 6.19. The highest BCUT2D eigenvalue weighted by molar-refractivity contribution is 7.89. The Morgan fingerprint density at radius 2 is 2.00 bits per heavy atom. The van der Waals surface area contributed by atoms with Gasteiger partial charge in [0.25, 0.3) is 0 Å². The number of carbonyl (C=O) groups is 1. The second kappa shape index (κ2) is 9.47. The molecule has 1 aliphatic heterocycles. The van der Waals surface area contributed by atoms with Crippen molar-refractivity contribution in [2.24, 2.45) is 0 Å². The fourth-order valence-corrected chi connectivity index (χ4v) is 4.16. The molecule has 1 fully saturated rings. The number of benzene rings is 1. The van der Waals surface area contributed by atoms with Gasteiger partial charge in [0.2, 0.25) is 10.0 Å². The summed E-state index contributed by atoms with van der Waals surface area (Å²) in [5.74, 6) is -1.23. The van der Waals surface area contributed by atoms with Crippen molar-refractivity contribution >= 4 is 28.4 Å². The fraction of sp³-hybridized carbons (Fsp3) is 0.562. The average Bonchev–Trinajstić information content (AvgIpc) is 2.54. The van der Waals surface area contributed by atoms with Crippen LogP contribution in [0, 0.1) is 5.82 Å². The van der Waals surface area contributed by atoms with Crippen LogP contribution in [0.4, 0.5) is 4.39 Å². The average molecular weight is 395 g/mol. The number of hydrogen-bond acceptors (Lipinski definition) is 4. The van der Waals surface area contributed by atoms with Crippen molar-refractivity contribution < 1.29 is 22.7 Å². The minimum atomic E-state index is -3.21. The van der Waals surface area contributed by atoms with Crippen LogP contribution in [0.25, 0.3) is 0 Å². The zero-order valence-electron chi connectivity index (χ0n) is 14.1. The van der Waals surface area contributed by atoms with E-state index < -0.39 is 16.0 Å². The van der Waals surface area contributed by atoms with Gasteiger partial charge in [0.05, 0.1) is 12.3 Å². The standard InChI is InChI=1S/C16H23FN2O4S.ClH/c1-2-24(22,23)19-8-6-15(7-9-19)18(12-16(20)21)11-13-4-3-5-14(17)10-13;/h3-5,10,15H,2,6-9,11-12H2,1H3,(H,20,21);1H. The van der Waals surface area contributed by atoms with Gasteiger partial charge in [0, 0.05) is 25.7 Å². The monoisotopic (exact) mass is 394 g/mol. The molecule has 0 atom stereocenters. The van der Waals surface area contributed by atoms with Crippen LogP contribution in [0.5, 0.6) is 0 Å². The molecule has 142 valence electrons. The third-order valence-electron chi connectivity index (χ3n) is 4.31. The molecule has 9 heteroatoms. The maximum Gasteiger partial charge on any atom is 0.317 e. The van der Waals surface area contributed by atoms with Gasteiger partial charge in [-0.15, -0.1) is 12.4 Å². The predicted octanol–water partition coefficient (Wildman–Crippen LogP) is 1.95. The molecule has 1 aromatic rings. The van der Waals surface area contributed by atoms with Crippen molar-refractivity contribution in [1.82, 2.24) is 9.21 Å². The number of hydrogen-bond donors (Lipinski definition) is 1. The Hall–Kier alpha value is -1.22. The van der Waals surface area contributed by atoms with E-state index >= 15 is 0 Å². The molecule has 1 aliphatic rings. The Bertz CT molecular complexity index is 678. The Labute approximate surface area is 154 Å². The van der Waals surface area contributed by atoms with E-state index in [-0.39, 0.29) is 36.6 Å². The molecule has 1 saturated heterocycles. The summed E-state index contributed by atoms with van der Waals surface area (Å²) in [7, 11) is -3.21. The zero-order valence-corrected chi connectivity index (χ0v) is 15.7. The molecule has 0 bridgehead atoms. The van der Waals surface area contributed by atoms with E-state index in [1.807, 2.05) is 0 Å². The summed E-state index contributed by atoms with van der Waals surface area (Å²) in [5, 5.41) is 9.14. The molecule has 25 heavy (non-hydrogen) atoms. The largest absolute Gasteiger partial charge is 0.480 e. The first-order valence-corrected chi connectivity index (χ1v) is 9.61. The molecule has 6 nitrogen and oxygen atoms in total. The summed E-state index contributed by atoms with van der Waals surface area (Å²) in [6.45, 7) is 2.57. The SMILES string of the molecule is CCS(=O)(=O)N1CCC(N(CC(=O)O)Cc2cccc(F)c2)CC1.Cl. The van der Waals surface area contributed by atoms with Crippen LogP contribution in [0.1, 0.15) is 25.3 Å². The first kappa shape index (κ1) is 21.8. The van der Waals surface area contributed by atoms with Gasteiger partial charge in [0.1, 0.15) is 5.82 Å². The Morgan fingerprint density at radius 3 is 2.52 bits per heavy atom. The Morgan fingerprint density at radius 1 is 1.36 bits per heavy atom. The maximum absolute atomic E-state index is 13.3. The second-order valence-electron chi connectivity index (χ2n) is 5.96. The molecule has 2 rings (SSSR count). The molecule has 0 saturated carbocycles. The quantitative estimate of drug-likeness (QED) is 0.764. The molecule has 0 aromatic heterocycles. The molecular weight excluding hydrogens is 371 g/mol. The Kier molecular flexibility index (Phi) is 8.27. The van der Waals surface area contributed by atoms with E-state index in [1.54, 1.807) is 24.0 Å². The molecule has 0 radical (unpaired) electrons. The fourth-order valence-electron chi connectivity index (χ4n) is 3.03. The lowest BCUT2D eigenvalue weighted by molar-refractivity contribution is -0.139. The highest BCUT2D eigenvalue weighted by atomic mass is 35.5. The van der Waals surface area contributed by atoms with E-state index in [9.17, 15) is 17.6 Å². The minimum absolute atomic E-state index is 0. The summed E-state index contributed by atoms with van der Waals surface area (Å²) in [4.78, 5) is 12.9. The third kappa shape index (κ3) is 6.22. The summed E-state index contributed by atoms with van der Waals surface area (Å²) in [6, 6.07) is 6.06. The van der Waals surface area contributed by atoms with Crippen molar-refractivity contribution in [3.8, 4) is 0 Å². The predicted molar refractivity (Wildman–Crippen MR) is 95.7 cm³/mol. The molecule has 0 spiro atoms. The van der Waals surface area contributed by atoms with Crippen molar-refractivity contribution in [3.63, 3.8) is 0 Å². The molecular formula is C16H24ClFN2O4S. The lowest BCUT2D eigenvalue weighted by atomic mass is 10.0. The van der Waals surface area contributed by atoms with Gasteiger partial charge in [-0.05, 0) is 37.5 Å². The smallest absolute Gasteiger partial charge is 0.317 e. The van der Waals surface area contributed by atoms with Crippen molar-refractivity contribution in [1.29, 1.82) is 0 Å². The van der Waals surface area contributed by atoms with E-state index in [4.69, 9.17) is 5.11 Å². The van der Waals surface area contributed by atoms with Gasteiger partial charge in [-0.1, -0.05) is 12.1 Å². The number of sulfonamides is 1. The zero-order chi connectivity index (χ0) is 17.7.